The van der Waals surface area contributed by atoms with Crippen molar-refractivity contribution in [2.75, 3.05) is 20.3 Å². The molecule has 1 aromatic rings. The SMILES string of the molecule is CNCNCCc1ccc(F)c(Cl)c1. The van der Waals surface area contributed by atoms with E-state index in [1.165, 1.54) is 6.07 Å². The van der Waals surface area contributed by atoms with Gasteiger partial charge in [0.2, 0.25) is 0 Å². The second kappa shape index (κ2) is 5.96. The third kappa shape index (κ3) is 3.62. The number of hydrogen-bond donors (Lipinski definition) is 2. The maximum atomic E-state index is 12.8. The Morgan fingerprint density at radius 2 is 2.21 bits per heavy atom. The first-order valence-electron chi connectivity index (χ1n) is 4.53. The maximum absolute atomic E-state index is 12.8. The van der Waals surface area contributed by atoms with E-state index in [1.807, 2.05) is 7.05 Å². The summed E-state index contributed by atoms with van der Waals surface area (Å²) in [5.41, 5.74) is 1.04. The Hall–Kier alpha value is -0.640. The number of nitrogens with one attached hydrogen (secondary N) is 2. The highest BCUT2D eigenvalue weighted by Crippen LogP contribution is 2.15. The van der Waals surface area contributed by atoms with Crippen LogP contribution in [0.3, 0.4) is 0 Å². The third-order valence-electron chi connectivity index (χ3n) is 1.88. The lowest BCUT2D eigenvalue weighted by Gasteiger charge is -2.04. The first kappa shape index (κ1) is 11.4. The van der Waals surface area contributed by atoms with E-state index in [-0.39, 0.29) is 10.8 Å². The normalized spacial score (nSPS) is 10.5. The van der Waals surface area contributed by atoms with Gasteiger partial charge in [-0.25, -0.2) is 4.39 Å². The zero-order valence-corrected chi connectivity index (χ0v) is 8.87. The summed E-state index contributed by atoms with van der Waals surface area (Å²) >= 11 is 5.65. The van der Waals surface area contributed by atoms with Gasteiger partial charge in [-0.05, 0) is 31.2 Å². The maximum Gasteiger partial charge on any atom is 0.141 e. The Kier molecular flexibility index (Phi) is 4.87. The Balaban J connectivity index is 2.39. The Morgan fingerprint density at radius 3 is 2.86 bits per heavy atom. The van der Waals surface area contributed by atoms with Crippen LogP contribution in [0.25, 0.3) is 0 Å². The molecule has 0 aliphatic carbocycles. The topological polar surface area (TPSA) is 24.1 Å². The second-order valence-electron chi connectivity index (χ2n) is 3.03. The van der Waals surface area contributed by atoms with Gasteiger partial charge in [0.05, 0.1) is 5.02 Å². The summed E-state index contributed by atoms with van der Waals surface area (Å²) in [6.45, 7) is 1.62. The van der Waals surface area contributed by atoms with Crippen LogP contribution in [0.5, 0.6) is 0 Å². The van der Waals surface area contributed by atoms with Crippen molar-refractivity contribution >= 4 is 11.6 Å². The van der Waals surface area contributed by atoms with Gasteiger partial charge in [-0.15, -0.1) is 0 Å². The summed E-state index contributed by atoms with van der Waals surface area (Å²) in [7, 11) is 1.88. The van der Waals surface area contributed by atoms with Crippen molar-refractivity contribution in [3.63, 3.8) is 0 Å². The lowest BCUT2D eigenvalue weighted by Crippen LogP contribution is -2.27. The summed E-state index contributed by atoms with van der Waals surface area (Å²) in [4.78, 5) is 0. The fourth-order valence-electron chi connectivity index (χ4n) is 1.14. The van der Waals surface area contributed by atoms with E-state index in [4.69, 9.17) is 11.6 Å². The number of rotatable bonds is 5. The van der Waals surface area contributed by atoms with Crippen LogP contribution in [0.4, 0.5) is 4.39 Å². The molecule has 0 amide bonds. The Bertz CT molecular complexity index is 291. The summed E-state index contributed by atoms with van der Waals surface area (Å²) in [6.07, 6.45) is 0.849. The number of halogens is 2. The molecule has 0 aromatic heterocycles. The molecular weight excluding hydrogens is 203 g/mol. The molecule has 0 atom stereocenters. The van der Waals surface area contributed by atoms with Gasteiger partial charge in [-0.1, -0.05) is 17.7 Å². The highest BCUT2D eigenvalue weighted by atomic mass is 35.5. The van der Waals surface area contributed by atoms with Crippen LogP contribution in [0, 0.1) is 5.82 Å². The van der Waals surface area contributed by atoms with Crippen LogP contribution in [0.2, 0.25) is 5.02 Å². The molecule has 78 valence electrons. The van der Waals surface area contributed by atoms with E-state index in [0.29, 0.717) is 0 Å². The first-order chi connectivity index (χ1) is 6.74. The standard InChI is InChI=1S/C10H14ClFN2/c1-13-7-14-5-4-8-2-3-10(12)9(11)6-8/h2-3,6,13-14H,4-5,7H2,1H3. The third-order valence-corrected chi connectivity index (χ3v) is 2.17. The first-order valence-corrected chi connectivity index (χ1v) is 4.91. The average molecular weight is 217 g/mol. The van der Waals surface area contributed by atoms with Crippen molar-refractivity contribution in [1.82, 2.24) is 10.6 Å². The fourth-order valence-corrected chi connectivity index (χ4v) is 1.34. The van der Waals surface area contributed by atoms with Crippen molar-refractivity contribution in [2.45, 2.75) is 6.42 Å². The molecular formula is C10H14ClFN2. The predicted octanol–water partition coefficient (Wildman–Crippen LogP) is 1.79. The van der Waals surface area contributed by atoms with Crippen LogP contribution in [0.1, 0.15) is 5.56 Å². The molecule has 0 saturated carbocycles. The van der Waals surface area contributed by atoms with E-state index in [2.05, 4.69) is 10.6 Å². The lowest BCUT2D eigenvalue weighted by molar-refractivity contribution is 0.621. The van der Waals surface area contributed by atoms with E-state index in [9.17, 15) is 4.39 Å². The van der Waals surface area contributed by atoms with Gasteiger partial charge in [0.25, 0.3) is 0 Å². The van der Waals surface area contributed by atoms with Crippen molar-refractivity contribution < 1.29 is 4.39 Å². The highest BCUT2D eigenvalue weighted by molar-refractivity contribution is 6.30. The number of hydrogen-bond acceptors (Lipinski definition) is 2. The molecule has 0 heterocycles. The molecule has 2 nitrogen and oxygen atoms in total. The fraction of sp³-hybridized carbons (Fsp3) is 0.400. The minimum absolute atomic E-state index is 0.191. The van der Waals surface area contributed by atoms with Crippen LogP contribution in [0.15, 0.2) is 18.2 Å². The molecule has 0 aliphatic rings. The summed E-state index contributed by atoms with van der Waals surface area (Å²) in [5.74, 6) is -0.362. The van der Waals surface area contributed by atoms with Gasteiger partial charge in [0.15, 0.2) is 0 Å². The molecule has 0 saturated heterocycles. The summed E-state index contributed by atoms with van der Waals surface area (Å²) in [6, 6.07) is 4.82. The monoisotopic (exact) mass is 216 g/mol. The quantitative estimate of drug-likeness (QED) is 0.579. The van der Waals surface area contributed by atoms with Crippen LogP contribution < -0.4 is 10.6 Å². The molecule has 0 fully saturated rings. The van der Waals surface area contributed by atoms with Crippen molar-refractivity contribution in [1.29, 1.82) is 0 Å². The zero-order valence-electron chi connectivity index (χ0n) is 8.11. The van der Waals surface area contributed by atoms with Gasteiger partial charge in [-0.2, -0.15) is 0 Å². The predicted molar refractivity (Wildman–Crippen MR) is 57.0 cm³/mol. The molecule has 0 spiro atoms. The van der Waals surface area contributed by atoms with Crippen LogP contribution in [-0.4, -0.2) is 20.3 Å². The van der Waals surface area contributed by atoms with Crippen LogP contribution >= 0.6 is 11.6 Å². The number of benzene rings is 1. The largest absolute Gasteiger partial charge is 0.308 e. The zero-order chi connectivity index (χ0) is 10.4. The average Bonchev–Trinajstić information content (AvgIpc) is 2.18. The van der Waals surface area contributed by atoms with Gasteiger partial charge in [0, 0.05) is 13.2 Å². The molecule has 0 bridgehead atoms. The minimum Gasteiger partial charge on any atom is -0.308 e. The molecule has 0 unspecified atom stereocenters. The molecule has 0 radical (unpaired) electrons. The van der Waals surface area contributed by atoms with Crippen molar-refractivity contribution in [3.05, 3.63) is 34.6 Å². The molecule has 14 heavy (non-hydrogen) atoms. The van der Waals surface area contributed by atoms with Gasteiger partial charge >= 0.3 is 0 Å². The molecule has 2 N–H and O–H groups in total. The lowest BCUT2D eigenvalue weighted by atomic mass is 10.1. The molecule has 0 aliphatic heterocycles. The van der Waals surface area contributed by atoms with Gasteiger partial charge in [0.1, 0.15) is 5.82 Å². The minimum atomic E-state index is -0.362. The van der Waals surface area contributed by atoms with E-state index in [0.717, 1.165) is 25.2 Å². The van der Waals surface area contributed by atoms with E-state index < -0.39 is 0 Å². The summed E-state index contributed by atoms with van der Waals surface area (Å²) in [5, 5.41) is 6.34. The smallest absolute Gasteiger partial charge is 0.141 e. The van der Waals surface area contributed by atoms with Crippen LogP contribution in [-0.2, 0) is 6.42 Å². The summed E-state index contributed by atoms with van der Waals surface area (Å²) < 4.78 is 12.8. The molecule has 1 rings (SSSR count). The highest BCUT2D eigenvalue weighted by Gasteiger charge is 1.99. The van der Waals surface area contributed by atoms with Gasteiger partial charge in [-0.3, -0.25) is 0 Å². The second-order valence-corrected chi connectivity index (χ2v) is 3.44. The van der Waals surface area contributed by atoms with Gasteiger partial charge < -0.3 is 10.6 Å². The molecule has 1 aromatic carbocycles. The molecule has 4 heteroatoms. The van der Waals surface area contributed by atoms with Crippen molar-refractivity contribution in [2.24, 2.45) is 0 Å². The Morgan fingerprint density at radius 1 is 1.43 bits per heavy atom. The van der Waals surface area contributed by atoms with E-state index >= 15 is 0 Å². The Labute approximate surface area is 88.5 Å². The van der Waals surface area contributed by atoms with E-state index in [1.54, 1.807) is 12.1 Å². The van der Waals surface area contributed by atoms with Crippen molar-refractivity contribution in [3.8, 4) is 0 Å².